The summed E-state index contributed by atoms with van der Waals surface area (Å²) in [5.74, 6) is 0.509. The van der Waals surface area contributed by atoms with Crippen molar-refractivity contribution in [1.82, 2.24) is 4.98 Å². The molecule has 0 saturated carbocycles. The number of anilines is 1. The van der Waals surface area contributed by atoms with E-state index in [0.717, 1.165) is 10.6 Å². The van der Waals surface area contributed by atoms with Crippen molar-refractivity contribution in [3.05, 3.63) is 40.9 Å². The minimum absolute atomic E-state index is 0.509. The van der Waals surface area contributed by atoms with Gasteiger partial charge in [-0.05, 0) is 26.0 Å². The molecule has 5 heteroatoms. The van der Waals surface area contributed by atoms with E-state index < -0.39 is 6.09 Å². The number of benzene rings is 1. The Balaban J connectivity index is 1.98. The number of hydrogen-bond acceptors (Lipinski definition) is 4. The summed E-state index contributed by atoms with van der Waals surface area (Å²) in [6.45, 7) is 3.86. The van der Waals surface area contributed by atoms with Crippen molar-refractivity contribution >= 4 is 22.6 Å². The number of nitrogens with zero attached hydrogens (tertiary/aromatic N) is 1. The highest BCUT2D eigenvalue weighted by Gasteiger charge is 2.09. The second-order valence-electron chi connectivity index (χ2n) is 3.49. The second kappa shape index (κ2) is 4.97. The molecular formula is C12H12N2O2S. The molecule has 1 aromatic heterocycles. The molecule has 0 unspecified atom stereocenters. The Bertz CT molecular complexity index is 503. The molecule has 0 aliphatic rings. The highest BCUT2D eigenvalue weighted by Crippen LogP contribution is 2.21. The molecule has 17 heavy (non-hydrogen) atoms. The lowest BCUT2D eigenvalue weighted by atomic mass is 10.3. The van der Waals surface area contributed by atoms with Gasteiger partial charge in [0.25, 0.3) is 0 Å². The number of ether oxygens (including phenoxy) is 1. The lowest BCUT2D eigenvalue weighted by molar-refractivity contribution is 0.215. The van der Waals surface area contributed by atoms with E-state index in [-0.39, 0.29) is 0 Å². The largest absolute Gasteiger partial charge is 0.418 e. The smallest absolute Gasteiger partial charge is 0.410 e. The fraction of sp³-hybridized carbons (Fsp3) is 0.167. The first-order valence-corrected chi connectivity index (χ1v) is 5.95. The molecule has 2 aromatic rings. The Labute approximate surface area is 103 Å². The molecule has 1 aromatic carbocycles. The van der Waals surface area contributed by atoms with Crippen molar-refractivity contribution in [1.29, 1.82) is 0 Å². The number of nitrogens with one attached hydrogen (secondary N) is 1. The van der Waals surface area contributed by atoms with Crippen molar-refractivity contribution in [2.75, 3.05) is 5.32 Å². The second-order valence-corrected chi connectivity index (χ2v) is 4.69. The number of aryl methyl sites for hydroxylation is 2. The average molecular weight is 248 g/mol. The summed E-state index contributed by atoms with van der Waals surface area (Å²) in [5, 5.41) is 3.15. The minimum Gasteiger partial charge on any atom is -0.410 e. The Morgan fingerprint density at radius 1 is 1.29 bits per heavy atom. The van der Waals surface area contributed by atoms with Gasteiger partial charge in [-0.2, -0.15) is 0 Å². The summed E-state index contributed by atoms with van der Waals surface area (Å²) in [7, 11) is 0. The third kappa shape index (κ3) is 3.04. The molecule has 0 aliphatic heterocycles. The first-order chi connectivity index (χ1) is 8.15. The number of amides is 1. The van der Waals surface area contributed by atoms with Gasteiger partial charge in [-0.15, -0.1) is 11.3 Å². The third-order valence-corrected chi connectivity index (χ3v) is 3.18. The molecular weight excluding hydrogens is 236 g/mol. The maximum atomic E-state index is 11.5. The highest BCUT2D eigenvalue weighted by molar-refractivity contribution is 7.15. The first kappa shape index (κ1) is 11.6. The van der Waals surface area contributed by atoms with Crippen LogP contribution in [0.2, 0.25) is 0 Å². The molecule has 88 valence electrons. The molecule has 0 saturated heterocycles. The molecule has 2 rings (SSSR count). The zero-order valence-corrected chi connectivity index (χ0v) is 10.4. The zero-order valence-electron chi connectivity index (χ0n) is 9.56. The summed E-state index contributed by atoms with van der Waals surface area (Å²) in [6.07, 6.45) is -0.523. The van der Waals surface area contributed by atoms with E-state index in [2.05, 4.69) is 10.3 Å². The van der Waals surface area contributed by atoms with Gasteiger partial charge in [0.1, 0.15) is 5.75 Å². The molecule has 0 atom stereocenters. The van der Waals surface area contributed by atoms with E-state index >= 15 is 0 Å². The van der Waals surface area contributed by atoms with Crippen molar-refractivity contribution in [3.8, 4) is 5.75 Å². The Morgan fingerprint density at radius 2 is 2.00 bits per heavy atom. The van der Waals surface area contributed by atoms with Gasteiger partial charge < -0.3 is 4.74 Å². The van der Waals surface area contributed by atoms with Crippen LogP contribution in [-0.4, -0.2) is 11.1 Å². The number of thiazole rings is 1. The molecule has 1 heterocycles. The van der Waals surface area contributed by atoms with Crippen LogP contribution in [0.5, 0.6) is 5.75 Å². The van der Waals surface area contributed by atoms with Crippen LogP contribution in [-0.2, 0) is 0 Å². The van der Waals surface area contributed by atoms with Crippen molar-refractivity contribution in [2.24, 2.45) is 0 Å². The molecule has 0 radical (unpaired) electrons. The monoisotopic (exact) mass is 248 g/mol. The summed E-state index contributed by atoms with van der Waals surface area (Å²) in [5.41, 5.74) is 0.921. The van der Waals surface area contributed by atoms with Crippen molar-refractivity contribution < 1.29 is 9.53 Å². The van der Waals surface area contributed by atoms with Gasteiger partial charge in [0.05, 0.1) is 5.69 Å². The van der Waals surface area contributed by atoms with E-state index in [1.165, 1.54) is 11.3 Å². The normalized spacial score (nSPS) is 10.0. The lowest BCUT2D eigenvalue weighted by Crippen LogP contribution is -2.16. The number of hydrogen-bond donors (Lipinski definition) is 1. The molecule has 0 spiro atoms. The lowest BCUT2D eigenvalue weighted by Gasteiger charge is -2.03. The van der Waals surface area contributed by atoms with Gasteiger partial charge in [-0.25, -0.2) is 9.78 Å². The van der Waals surface area contributed by atoms with Crippen LogP contribution in [0.15, 0.2) is 30.3 Å². The first-order valence-electron chi connectivity index (χ1n) is 5.13. The SMILES string of the molecule is Cc1nc(NC(=O)Oc2ccccc2)sc1C. The van der Waals surface area contributed by atoms with Gasteiger partial charge in [0.15, 0.2) is 5.13 Å². The Morgan fingerprint density at radius 3 is 2.59 bits per heavy atom. The topological polar surface area (TPSA) is 51.2 Å². The zero-order chi connectivity index (χ0) is 12.3. The minimum atomic E-state index is -0.523. The maximum absolute atomic E-state index is 11.5. The van der Waals surface area contributed by atoms with Crippen LogP contribution >= 0.6 is 11.3 Å². The molecule has 1 N–H and O–H groups in total. The third-order valence-electron chi connectivity index (χ3n) is 2.19. The van der Waals surface area contributed by atoms with Crippen LogP contribution in [0.3, 0.4) is 0 Å². The van der Waals surface area contributed by atoms with Crippen molar-refractivity contribution in [3.63, 3.8) is 0 Å². The summed E-state index contributed by atoms with van der Waals surface area (Å²) in [4.78, 5) is 16.8. The predicted octanol–water partition coefficient (Wildman–Crippen LogP) is 3.37. The van der Waals surface area contributed by atoms with Gasteiger partial charge in [0, 0.05) is 4.88 Å². The van der Waals surface area contributed by atoms with Crippen LogP contribution in [0.25, 0.3) is 0 Å². The number of carbonyl (C=O) groups excluding carboxylic acids is 1. The molecule has 4 nitrogen and oxygen atoms in total. The standard InChI is InChI=1S/C12H12N2O2S/c1-8-9(2)17-11(13-8)14-12(15)16-10-6-4-3-5-7-10/h3-7H,1-2H3,(H,13,14,15). The van der Waals surface area contributed by atoms with Crippen LogP contribution < -0.4 is 10.1 Å². The van der Waals surface area contributed by atoms with E-state index in [1.54, 1.807) is 24.3 Å². The Hall–Kier alpha value is -1.88. The summed E-state index contributed by atoms with van der Waals surface area (Å²) in [6, 6.07) is 8.91. The van der Waals surface area contributed by atoms with E-state index in [9.17, 15) is 4.79 Å². The number of rotatable bonds is 2. The predicted molar refractivity (Wildman–Crippen MR) is 67.7 cm³/mol. The summed E-state index contributed by atoms with van der Waals surface area (Å²) >= 11 is 1.43. The number of carbonyl (C=O) groups is 1. The maximum Gasteiger partial charge on any atom is 0.418 e. The van der Waals surface area contributed by atoms with E-state index in [4.69, 9.17) is 4.74 Å². The van der Waals surface area contributed by atoms with Crippen LogP contribution in [0, 0.1) is 13.8 Å². The average Bonchev–Trinajstić information content (AvgIpc) is 2.59. The van der Waals surface area contributed by atoms with Gasteiger partial charge in [0.2, 0.25) is 0 Å². The van der Waals surface area contributed by atoms with E-state index in [0.29, 0.717) is 10.9 Å². The van der Waals surface area contributed by atoms with Crippen molar-refractivity contribution in [2.45, 2.75) is 13.8 Å². The number of aromatic nitrogens is 1. The van der Waals surface area contributed by atoms with Gasteiger partial charge >= 0.3 is 6.09 Å². The quantitative estimate of drug-likeness (QED) is 0.886. The van der Waals surface area contributed by atoms with Crippen LogP contribution in [0.4, 0.5) is 9.93 Å². The van der Waals surface area contributed by atoms with Crippen LogP contribution in [0.1, 0.15) is 10.6 Å². The fourth-order valence-electron chi connectivity index (χ4n) is 1.23. The molecule has 0 fully saturated rings. The fourth-order valence-corrected chi connectivity index (χ4v) is 2.03. The molecule has 0 aliphatic carbocycles. The molecule has 1 amide bonds. The van der Waals surface area contributed by atoms with Gasteiger partial charge in [-0.3, -0.25) is 5.32 Å². The molecule has 0 bridgehead atoms. The Kier molecular flexibility index (Phi) is 3.39. The van der Waals surface area contributed by atoms with E-state index in [1.807, 2.05) is 19.9 Å². The summed E-state index contributed by atoms with van der Waals surface area (Å²) < 4.78 is 5.08. The number of para-hydroxylation sites is 1. The highest BCUT2D eigenvalue weighted by atomic mass is 32.1. The van der Waals surface area contributed by atoms with Gasteiger partial charge in [-0.1, -0.05) is 18.2 Å².